The molecule has 0 aromatic heterocycles. The predicted molar refractivity (Wildman–Crippen MR) is 61.1 cm³/mol. The molecule has 1 heteroatoms. The summed E-state index contributed by atoms with van der Waals surface area (Å²) < 4.78 is 0. The molecule has 0 spiro atoms. The smallest absolute Gasteiger partial charge is 0.0665 e. The van der Waals surface area contributed by atoms with Crippen LogP contribution in [0.15, 0.2) is 18.2 Å². The van der Waals surface area contributed by atoms with Crippen LogP contribution in [0.3, 0.4) is 0 Å². The van der Waals surface area contributed by atoms with E-state index in [1.807, 2.05) is 6.92 Å². The molecule has 1 unspecified atom stereocenters. The lowest BCUT2D eigenvalue weighted by atomic mass is 10.1. The zero-order valence-electron chi connectivity index (χ0n) is 9.09. The first kappa shape index (κ1) is 10.8. The second-order valence-electron chi connectivity index (χ2n) is 3.60. The van der Waals surface area contributed by atoms with E-state index in [0.717, 1.165) is 12.0 Å². The van der Waals surface area contributed by atoms with Crippen LogP contribution in [-0.2, 0) is 0 Å². The maximum absolute atomic E-state index is 5.74. The highest BCUT2D eigenvalue weighted by Gasteiger charge is 1.95. The lowest BCUT2D eigenvalue weighted by Crippen LogP contribution is -2.15. The Morgan fingerprint density at radius 3 is 2.71 bits per heavy atom. The van der Waals surface area contributed by atoms with Gasteiger partial charge >= 0.3 is 0 Å². The van der Waals surface area contributed by atoms with Crippen LogP contribution in [0.4, 0.5) is 0 Å². The molecule has 0 radical (unpaired) electrons. The molecule has 1 aromatic carbocycles. The van der Waals surface area contributed by atoms with Gasteiger partial charge in [0.05, 0.1) is 6.04 Å². The summed E-state index contributed by atoms with van der Waals surface area (Å²) in [7, 11) is 0. The lowest BCUT2D eigenvalue weighted by molar-refractivity contribution is 0.806. The predicted octanol–water partition coefficient (Wildman–Crippen LogP) is 2.39. The van der Waals surface area contributed by atoms with Gasteiger partial charge in [-0.2, -0.15) is 0 Å². The number of aryl methyl sites for hydroxylation is 2. The zero-order valence-corrected chi connectivity index (χ0v) is 9.09. The number of hydrogen-bond donors (Lipinski definition) is 1. The molecule has 14 heavy (non-hydrogen) atoms. The Balaban J connectivity index is 2.94. The monoisotopic (exact) mass is 187 g/mol. The highest BCUT2D eigenvalue weighted by atomic mass is 14.6. The Hall–Kier alpha value is -1.26. The van der Waals surface area contributed by atoms with Gasteiger partial charge in [0, 0.05) is 5.56 Å². The minimum atomic E-state index is -0.00471. The van der Waals surface area contributed by atoms with Crippen LogP contribution in [0.25, 0.3) is 0 Å². The molecule has 0 bridgehead atoms. The Morgan fingerprint density at radius 2 is 2.07 bits per heavy atom. The average molecular weight is 187 g/mol. The molecule has 0 saturated heterocycles. The van der Waals surface area contributed by atoms with Crippen molar-refractivity contribution in [2.45, 2.75) is 33.2 Å². The maximum Gasteiger partial charge on any atom is 0.0665 e. The molecule has 1 atom stereocenters. The summed E-state index contributed by atoms with van der Waals surface area (Å²) in [5.74, 6) is 6.17. The molecule has 0 aliphatic rings. The minimum Gasteiger partial charge on any atom is -0.318 e. The van der Waals surface area contributed by atoms with E-state index in [-0.39, 0.29) is 6.04 Å². The van der Waals surface area contributed by atoms with Crippen molar-refractivity contribution in [3.63, 3.8) is 0 Å². The van der Waals surface area contributed by atoms with Gasteiger partial charge in [0.25, 0.3) is 0 Å². The minimum absolute atomic E-state index is 0.00471. The van der Waals surface area contributed by atoms with Gasteiger partial charge in [0.2, 0.25) is 0 Å². The normalized spacial score (nSPS) is 11.7. The average Bonchev–Trinajstić information content (AvgIpc) is 2.19. The van der Waals surface area contributed by atoms with Crippen LogP contribution in [0, 0.1) is 25.7 Å². The summed E-state index contributed by atoms with van der Waals surface area (Å²) in [6.45, 7) is 6.19. The number of rotatable bonds is 1. The number of hydrogen-bond acceptors (Lipinski definition) is 1. The van der Waals surface area contributed by atoms with Crippen LogP contribution < -0.4 is 5.73 Å². The second kappa shape index (κ2) is 4.83. The van der Waals surface area contributed by atoms with E-state index in [4.69, 9.17) is 5.73 Å². The van der Waals surface area contributed by atoms with Gasteiger partial charge in [-0.25, -0.2) is 0 Å². The van der Waals surface area contributed by atoms with Crippen molar-refractivity contribution in [3.8, 4) is 11.8 Å². The third kappa shape index (κ3) is 2.90. The van der Waals surface area contributed by atoms with Gasteiger partial charge in [0.1, 0.15) is 0 Å². The van der Waals surface area contributed by atoms with E-state index in [0.29, 0.717) is 0 Å². The van der Waals surface area contributed by atoms with E-state index in [9.17, 15) is 0 Å². The first-order chi connectivity index (χ1) is 6.63. The summed E-state index contributed by atoms with van der Waals surface area (Å²) >= 11 is 0. The van der Waals surface area contributed by atoms with Crippen molar-refractivity contribution in [2.75, 3.05) is 0 Å². The topological polar surface area (TPSA) is 26.0 Å². The van der Waals surface area contributed by atoms with Crippen LogP contribution in [0.2, 0.25) is 0 Å². The molecule has 0 aliphatic heterocycles. The third-order valence-corrected chi connectivity index (χ3v) is 2.23. The molecular formula is C13H17N. The quantitative estimate of drug-likeness (QED) is 0.671. The molecule has 0 amide bonds. The summed E-state index contributed by atoms with van der Waals surface area (Å²) in [5, 5.41) is 0. The summed E-state index contributed by atoms with van der Waals surface area (Å²) in [4.78, 5) is 0. The van der Waals surface area contributed by atoms with Crippen LogP contribution in [0.5, 0.6) is 0 Å². The Bertz CT molecular complexity index is 369. The lowest BCUT2D eigenvalue weighted by Gasteiger charge is -2.00. The fraction of sp³-hybridized carbons (Fsp3) is 0.385. The van der Waals surface area contributed by atoms with E-state index in [2.05, 4.69) is 43.9 Å². The molecule has 0 fully saturated rings. The van der Waals surface area contributed by atoms with Crippen molar-refractivity contribution >= 4 is 0 Å². The standard InChI is InChI=1S/C13H17N/c1-4-13(14)8-7-12-9-10(2)5-6-11(12)3/h5-6,9,13H,4,14H2,1-3H3. The van der Waals surface area contributed by atoms with Gasteiger partial charge in [-0.15, -0.1) is 0 Å². The largest absolute Gasteiger partial charge is 0.318 e. The molecule has 2 N–H and O–H groups in total. The Labute approximate surface area is 86.3 Å². The van der Waals surface area contributed by atoms with Crippen molar-refractivity contribution < 1.29 is 0 Å². The summed E-state index contributed by atoms with van der Waals surface area (Å²) in [6.07, 6.45) is 0.901. The summed E-state index contributed by atoms with van der Waals surface area (Å²) in [6, 6.07) is 6.29. The Kier molecular flexibility index (Phi) is 3.73. The number of nitrogens with two attached hydrogens (primary N) is 1. The van der Waals surface area contributed by atoms with Gasteiger partial charge in [-0.1, -0.05) is 30.9 Å². The SMILES string of the molecule is CCC(N)C#Cc1cc(C)ccc1C. The molecule has 1 aromatic rings. The first-order valence-corrected chi connectivity index (χ1v) is 4.98. The fourth-order valence-electron chi connectivity index (χ4n) is 1.14. The van der Waals surface area contributed by atoms with Gasteiger partial charge < -0.3 is 5.73 Å². The maximum atomic E-state index is 5.74. The van der Waals surface area contributed by atoms with Gasteiger partial charge in [-0.05, 0) is 37.5 Å². The summed E-state index contributed by atoms with van der Waals surface area (Å²) in [5.41, 5.74) is 9.28. The molecule has 1 nitrogen and oxygen atoms in total. The van der Waals surface area contributed by atoms with Crippen LogP contribution in [0.1, 0.15) is 30.0 Å². The van der Waals surface area contributed by atoms with Crippen molar-refractivity contribution in [3.05, 3.63) is 34.9 Å². The molecule has 0 heterocycles. The molecular weight excluding hydrogens is 170 g/mol. The third-order valence-electron chi connectivity index (χ3n) is 2.23. The van der Waals surface area contributed by atoms with E-state index in [1.54, 1.807) is 0 Å². The highest BCUT2D eigenvalue weighted by Crippen LogP contribution is 2.08. The van der Waals surface area contributed by atoms with E-state index < -0.39 is 0 Å². The molecule has 0 aliphatic carbocycles. The van der Waals surface area contributed by atoms with Crippen molar-refractivity contribution in [1.29, 1.82) is 0 Å². The molecule has 0 saturated carbocycles. The first-order valence-electron chi connectivity index (χ1n) is 4.98. The van der Waals surface area contributed by atoms with Gasteiger partial charge in [-0.3, -0.25) is 0 Å². The molecule has 1 rings (SSSR count). The van der Waals surface area contributed by atoms with Crippen LogP contribution in [-0.4, -0.2) is 6.04 Å². The van der Waals surface area contributed by atoms with Crippen LogP contribution >= 0.6 is 0 Å². The molecule has 74 valence electrons. The van der Waals surface area contributed by atoms with Gasteiger partial charge in [0.15, 0.2) is 0 Å². The van der Waals surface area contributed by atoms with Crippen molar-refractivity contribution in [2.24, 2.45) is 5.73 Å². The fourth-order valence-corrected chi connectivity index (χ4v) is 1.14. The second-order valence-corrected chi connectivity index (χ2v) is 3.60. The zero-order chi connectivity index (χ0) is 10.6. The number of benzene rings is 1. The Morgan fingerprint density at radius 1 is 1.36 bits per heavy atom. The van der Waals surface area contributed by atoms with Crippen molar-refractivity contribution in [1.82, 2.24) is 0 Å². The van der Waals surface area contributed by atoms with E-state index >= 15 is 0 Å². The highest BCUT2D eigenvalue weighted by molar-refractivity contribution is 5.43. The van der Waals surface area contributed by atoms with E-state index in [1.165, 1.54) is 11.1 Å².